The number of rotatable bonds is 6. The Morgan fingerprint density at radius 1 is 1.04 bits per heavy atom. The lowest BCUT2D eigenvalue weighted by molar-refractivity contribution is -0.115. The molecule has 6 nitrogen and oxygen atoms in total. The van der Waals surface area contributed by atoms with Crippen LogP contribution in [0.15, 0.2) is 65.7 Å². The average Bonchev–Trinajstić information content (AvgIpc) is 2.68. The van der Waals surface area contributed by atoms with Gasteiger partial charge in [0.15, 0.2) is 0 Å². The largest absolute Gasteiger partial charge is 0.478 e. The number of carboxylic acid groups (broad SMARTS) is 1. The van der Waals surface area contributed by atoms with E-state index in [2.05, 4.69) is 15.3 Å². The number of benzene rings is 2. The average molecular weight is 393 g/mol. The number of hydrogen-bond acceptors (Lipinski definition) is 5. The highest BCUT2D eigenvalue weighted by Crippen LogP contribution is 2.26. The highest BCUT2D eigenvalue weighted by atomic mass is 32.2. The van der Waals surface area contributed by atoms with Gasteiger partial charge in [0.2, 0.25) is 5.91 Å². The molecule has 0 spiro atoms. The quantitative estimate of drug-likeness (QED) is 0.480. The van der Waals surface area contributed by atoms with Crippen molar-refractivity contribution >= 4 is 29.3 Å². The van der Waals surface area contributed by atoms with E-state index in [9.17, 15) is 9.59 Å². The Morgan fingerprint density at radius 3 is 2.36 bits per heavy atom. The molecule has 0 saturated carbocycles. The van der Waals surface area contributed by atoms with E-state index >= 15 is 0 Å². The van der Waals surface area contributed by atoms with Gasteiger partial charge in [-0.25, -0.2) is 14.8 Å². The minimum Gasteiger partial charge on any atom is -0.478 e. The van der Waals surface area contributed by atoms with Crippen LogP contribution in [0, 0.1) is 6.92 Å². The number of aryl methyl sites for hydroxylation is 1. The van der Waals surface area contributed by atoms with Crippen molar-refractivity contribution in [2.24, 2.45) is 0 Å². The van der Waals surface area contributed by atoms with Crippen molar-refractivity contribution < 1.29 is 14.7 Å². The summed E-state index contributed by atoms with van der Waals surface area (Å²) in [6.07, 6.45) is 0. The molecule has 28 heavy (non-hydrogen) atoms. The Hall–Kier alpha value is -3.19. The molecule has 3 rings (SSSR count). The van der Waals surface area contributed by atoms with Crippen molar-refractivity contribution in [3.8, 4) is 11.3 Å². The molecule has 1 aromatic heterocycles. The van der Waals surface area contributed by atoms with Gasteiger partial charge in [0.1, 0.15) is 10.9 Å². The predicted octanol–water partition coefficient (Wildman–Crippen LogP) is 4.27. The second-order valence-corrected chi connectivity index (χ2v) is 7.50. The van der Waals surface area contributed by atoms with Crippen LogP contribution in [-0.2, 0) is 4.79 Å². The molecule has 3 aromatic rings. The highest BCUT2D eigenvalue weighted by molar-refractivity contribution is 8.00. The molecule has 1 heterocycles. The first-order valence-electron chi connectivity index (χ1n) is 8.64. The van der Waals surface area contributed by atoms with Crippen LogP contribution in [0.2, 0.25) is 0 Å². The summed E-state index contributed by atoms with van der Waals surface area (Å²) in [5, 5.41) is 12.1. The van der Waals surface area contributed by atoms with E-state index in [1.807, 2.05) is 43.3 Å². The molecular weight excluding hydrogens is 374 g/mol. The Labute approximate surface area is 167 Å². The number of amides is 1. The van der Waals surface area contributed by atoms with Crippen molar-refractivity contribution in [1.29, 1.82) is 0 Å². The molecule has 0 fully saturated rings. The number of thioether (sulfide) groups is 1. The predicted molar refractivity (Wildman–Crippen MR) is 110 cm³/mol. The molecule has 0 aliphatic heterocycles. The molecule has 1 unspecified atom stereocenters. The van der Waals surface area contributed by atoms with Gasteiger partial charge in [0, 0.05) is 11.3 Å². The monoisotopic (exact) mass is 393 g/mol. The van der Waals surface area contributed by atoms with Crippen molar-refractivity contribution in [2.45, 2.75) is 24.1 Å². The summed E-state index contributed by atoms with van der Waals surface area (Å²) in [4.78, 5) is 32.3. The topological polar surface area (TPSA) is 92.2 Å². The lowest BCUT2D eigenvalue weighted by Crippen LogP contribution is -2.22. The zero-order valence-corrected chi connectivity index (χ0v) is 16.2. The highest BCUT2D eigenvalue weighted by Gasteiger charge is 2.17. The first-order valence-corrected chi connectivity index (χ1v) is 9.52. The van der Waals surface area contributed by atoms with Crippen LogP contribution in [0.3, 0.4) is 0 Å². The van der Waals surface area contributed by atoms with E-state index in [4.69, 9.17) is 5.11 Å². The number of aromatic nitrogens is 2. The molecular formula is C21H19N3O3S. The van der Waals surface area contributed by atoms with Gasteiger partial charge in [-0.05, 0) is 44.2 Å². The Morgan fingerprint density at radius 2 is 1.71 bits per heavy atom. The van der Waals surface area contributed by atoms with E-state index in [0.717, 1.165) is 16.3 Å². The number of carbonyl (C=O) groups excluding carboxylic acids is 1. The third-order valence-electron chi connectivity index (χ3n) is 3.95. The minimum absolute atomic E-state index is 0.172. The molecule has 0 bridgehead atoms. The van der Waals surface area contributed by atoms with Gasteiger partial charge in [-0.2, -0.15) is 0 Å². The summed E-state index contributed by atoms with van der Waals surface area (Å²) in [5.41, 5.74) is 2.52. The maximum absolute atomic E-state index is 12.5. The molecule has 0 aliphatic carbocycles. The zero-order valence-electron chi connectivity index (χ0n) is 15.4. The van der Waals surface area contributed by atoms with Gasteiger partial charge in [-0.3, -0.25) is 4.79 Å². The van der Waals surface area contributed by atoms with Crippen molar-refractivity contribution in [1.82, 2.24) is 9.97 Å². The molecule has 1 amide bonds. The number of anilines is 1. The molecule has 1 atom stereocenters. The van der Waals surface area contributed by atoms with Crippen LogP contribution in [0.4, 0.5) is 5.69 Å². The maximum Gasteiger partial charge on any atom is 0.335 e. The third-order valence-corrected chi connectivity index (χ3v) is 4.97. The van der Waals surface area contributed by atoms with Crippen LogP contribution < -0.4 is 5.32 Å². The van der Waals surface area contributed by atoms with E-state index in [0.29, 0.717) is 11.5 Å². The van der Waals surface area contributed by atoms with E-state index < -0.39 is 11.2 Å². The third kappa shape index (κ3) is 4.95. The molecule has 2 aromatic carbocycles. The number of hydrogen-bond donors (Lipinski definition) is 2. The molecule has 142 valence electrons. The van der Waals surface area contributed by atoms with Crippen LogP contribution in [0.25, 0.3) is 11.3 Å². The Kier molecular flexibility index (Phi) is 6.06. The van der Waals surface area contributed by atoms with Crippen LogP contribution in [0.5, 0.6) is 0 Å². The molecule has 0 saturated heterocycles. The number of carbonyl (C=O) groups is 2. The fraction of sp³-hybridized carbons (Fsp3) is 0.143. The van der Waals surface area contributed by atoms with Crippen LogP contribution in [0.1, 0.15) is 23.1 Å². The zero-order chi connectivity index (χ0) is 20.1. The van der Waals surface area contributed by atoms with E-state index in [-0.39, 0.29) is 11.5 Å². The second-order valence-electron chi connectivity index (χ2n) is 6.14. The van der Waals surface area contributed by atoms with Gasteiger partial charge < -0.3 is 10.4 Å². The van der Waals surface area contributed by atoms with Gasteiger partial charge in [-0.1, -0.05) is 42.1 Å². The summed E-state index contributed by atoms with van der Waals surface area (Å²) in [6.45, 7) is 3.62. The van der Waals surface area contributed by atoms with Gasteiger partial charge in [0.25, 0.3) is 0 Å². The van der Waals surface area contributed by atoms with Crippen LogP contribution in [-0.4, -0.2) is 32.2 Å². The lowest BCUT2D eigenvalue weighted by Gasteiger charge is -2.13. The normalized spacial score (nSPS) is 11.6. The van der Waals surface area contributed by atoms with Gasteiger partial charge in [0.05, 0.1) is 16.5 Å². The Balaban J connectivity index is 1.70. The number of nitrogens with one attached hydrogen (secondary N) is 1. The summed E-state index contributed by atoms with van der Waals surface area (Å²) >= 11 is 1.34. The van der Waals surface area contributed by atoms with Gasteiger partial charge in [-0.15, -0.1) is 0 Å². The molecule has 7 heteroatoms. The van der Waals surface area contributed by atoms with Crippen LogP contribution >= 0.6 is 11.8 Å². The van der Waals surface area contributed by atoms with Crippen molar-refractivity contribution in [2.75, 3.05) is 5.32 Å². The van der Waals surface area contributed by atoms with Crippen molar-refractivity contribution in [3.63, 3.8) is 0 Å². The number of aromatic carboxylic acids is 1. The minimum atomic E-state index is -1.00. The maximum atomic E-state index is 12.5. The fourth-order valence-electron chi connectivity index (χ4n) is 2.53. The summed E-state index contributed by atoms with van der Waals surface area (Å²) in [6, 6.07) is 17.7. The van der Waals surface area contributed by atoms with E-state index in [1.54, 1.807) is 19.1 Å². The molecule has 0 aliphatic rings. The summed E-state index contributed by atoms with van der Waals surface area (Å²) in [5.74, 6) is -0.554. The summed E-state index contributed by atoms with van der Waals surface area (Å²) < 4.78 is 0. The lowest BCUT2D eigenvalue weighted by atomic mass is 10.1. The smallest absolute Gasteiger partial charge is 0.335 e. The molecule has 0 radical (unpaired) electrons. The van der Waals surface area contributed by atoms with Crippen molar-refractivity contribution in [3.05, 3.63) is 72.1 Å². The fourth-order valence-corrected chi connectivity index (χ4v) is 3.42. The Bertz CT molecular complexity index is 992. The standard InChI is InChI=1S/C21H19N3O3S/c1-13(20(25)24-17-10-8-16(9-11-17)21(26)27)28-19-12-18(22-14(2)23-19)15-6-4-3-5-7-15/h3-13H,1-2H3,(H,24,25)(H,26,27). The van der Waals surface area contributed by atoms with Gasteiger partial charge >= 0.3 is 5.97 Å². The number of nitrogens with zero attached hydrogens (tertiary/aromatic N) is 2. The number of carboxylic acids is 1. The SMILES string of the molecule is Cc1nc(SC(C)C(=O)Nc2ccc(C(=O)O)cc2)cc(-c2ccccc2)n1. The first-order chi connectivity index (χ1) is 13.4. The molecule has 2 N–H and O–H groups in total. The van der Waals surface area contributed by atoms with E-state index in [1.165, 1.54) is 23.9 Å². The summed E-state index contributed by atoms with van der Waals surface area (Å²) in [7, 11) is 0. The second kappa shape index (κ2) is 8.67. The first kappa shape index (κ1) is 19.6.